The summed E-state index contributed by atoms with van der Waals surface area (Å²) in [6.07, 6.45) is 4.39. The number of para-hydroxylation sites is 1. The van der Waals surface area contributed by atoms with Gasteiger partial charge in [-0.15, -0.1) is 0 Å². The zero-order valence-corrected chi connectivity index (χ0v) is 10.3. The van der Waals surface area contributed by atoms with Crippen LogP contribution < -0.4 is 11.1 Å². The van der Waals surface area contributed by atoms with E-state index in [4.69, 9.17) is 5.73 Å². The molecule has 2 rings (SSSR count). The summed E-state index contributed by atoms with van der Waals surface area (Å²) in [7, 11) is 0. The second kappa shape index (κ2) is 5.32. The number of rotatable bonds is 3. The van der Waals surface area contributed by atoms with E-state index in [0.717, 1.165) is 24.1 Å². The molecule has 3 N–H and O–H groups in total. The van der Waals surface area contributed by atoms with Crippen molar-refractivity contribution in [1.29, 1.82) is 0 Å². The SMILES string of the molecule is CC(N)c1ccccc1NC(=O)C1CCCC1. The van der Waals surface area contributed by atoms with E-state index >= 15 is 0 Å². The summed E-state index contributed by atoms with van der Waals surface area (Å²) in [5, 5.41) is 3.01. The third-order valence-corrected chi connectivity index (χ3v) is 3.44. The van der Waals surface area contributed by atoms with Crippen LogP contribution in [-0.2, 0) is 4.79 Å². The van der Waals surface area contributed by atoms with Crippen LogP contribution in [0, 0.1) is 5.92 Å². The predicted octanol–water partition coefficient (Wildman–Crippen LogP) is 2.84. The second-order valence-corrected chi connectivity index (χ2v) is 4.85. The number of nitrogens with two attached hydrogens (primary N) is 1. The van der Waals surface area contributed by atoms with Gasteiger partial charge in [-0.1, -0.05) is 31.0 Å². The van der Waals surface area contributed by atoms with Crippen LogP contribution in [-0.4, -0.2) is 5.91 Å². The summed E-state index contributed by atoms with van der Waals surface area (Å²) in [5.41, 5.74) is 7.75. The number of hydrogen-bond acceptors (Lipinski definition) is 2. The molecule has 0 spiro atoms. The first kappa shape index (κ1) is 12.1. The molecule has 1 amide bonds. The van der Waals surface area contributed by atoms with E-state index < -0.39 is 0 Å². The molecule has 0 aliphatic heterocycles. The van der Waals surface area contributed by atoms with Crippen LogP contribution in [0.5, 0.6) is 0 Å². The number of amides is 1. The number of benzene rings is 1. The highest BCUT2D eigenvalue weighted by molar-refractivity contribution is 5.93. The van der Waals surface area contributed by atoms with Crippen molar-refractivity contribution >= 4 is 11.6 Å². The summed E-state index contributed by atoms with van der Waals surface area (Å²) in [5.74, 6) is 0.340. The van der Waals surface area contributed by atoms with Gasteiger partial charge in [0.2, 0.25) is 5.91 Å². The number of carbonyl (C=O) groups is 1. The minimum atomic E-state index is -0.0601. The third kappa shape index (κ3) is 2.86. The molecule has 0 bridgehead atoms. The number of anilines is 1. The normalized spacial score (nSPS) is 18.0. The Morgan fingerprint density at radius 3 is 2.65 bits per heavy atom. The van der Waals surface area contributed by atoms with E-state index in [1.165, 1.54) is 12.8 Å². The smallest absolute Gasteiger partial charge is 0.227 e. The van der Waals surface area contributed by atoms with Gasteiger partial charge in [-0.05, 0) is 31.4 Å². The maximum absolute atomic E-state index is 12.0. The van der Waals surface area contributed by atoms with Crippen molar-refractivity contribution in [2.45, 2.75) is 38.6 Å². The van der Waals surface area contributed by atoms with Crippen molar-refractivity contribution in [3.05, 3.63) is 29.8 Å². The van der Waals surface area contributed by atoms with Crippen LogP contribution in [0.2, 0.25) is 0 Å². The summed E-state index contributed by atoms with van der Waals surface area (Å²) >= 11 is 0. The average molecular weight is 232 g/mol. The van der Waals surface area contributed by atoms with E-state index in [1.54, 1.807) is 0 Å². The molecule has 1 atom stereocenters. The minimum absolute atomic E-state index is 0.0601. The standard InChI is InChI=1S/C14H20N2O/c1-10(15)12-8-4-5-9-13(12)16-14(17)11-6-2-3-7-11/h4-5,8-11H,2-3,6-7,15H2,1H3,(H,16,17). The molecule has 1 unspecified atom stereocenters. The fraction of sp³-hybridized carbons (Fsp3) is 0.500. The fourth-order valence-corrected chi connectivity index (χ4v) is 2.43. The Morgan fingerprint density at radius 2 is 2.00 bits per heavy atom. The van der Waals surface area contributed by atoms with Crippen LogP contribution in [0.25, 0.3) is 0 Å². The van der Waals surface area contributed by atoms with E-state index in [-0.39, 0.29) is 17.9 Å². The van der Waals surface area contributed by atoms with Crippen LogP contribution in [0.1, 0.15) is 44.2 Å². The second-order valence-electron chi connectivity index (χ2n) is 4.85. The maximum Gasteiger partial charge on any atom is 0.227 e. The van der Waals surface area contributed by atoms with Gasteiger partial charge in [0.1, 0.15) is 0 Å². The molecule has 92 valence electrons. The van der Waals surface area contributed by atoms with Crippen molar-refractivity contribution in [2.75, 3.05) is 5.32 Å². The summed E-state index contributed by atoms with van der Waals surface area (Å²) in [4.78, 5) is 12.0. The fourth-order valence-electron chi connectivity index (χ4n) is 2.43. The first-order valence-electron chi connectivity index (χ1n) is 6.34. The zero-order valence-electron chi connectivity index (χ0n) is 10.3. The first-order chi connectivity index (χ1) is 8.18. The van der Waals surface area contributed by atoms with E-state index in [9.17, 15) is 4.79 Å². The quantitative estimate of drug-likeness (QED) is 0.842. The number of hydrogen-bond donors (Lipinski definition) is 2. The van der Waals surface area contributed by atoms with Crippen molar-refractivity contribution in [3.8, 4) is 0 Å². The summed E-state index contributed by atoms with van der Waals surface area (Å²) in [6, 6.07) is 7.70. The van der Waals surface area contributed by atoms with Crippen LogP contribution in [0.4, 0.5) is 5.69 Å². The Morgan fingerprint density at radius 1 is 1.35 bits per heavy atom. The van der Waals surface area contributed by atoms with Crippen LogP contribution >= 0.6 is 0 Å². The monoisotopic (exact) mass is 232 g/mol. The summed E-state index contributed by atoms with van der Waals surface area (Å²) in [6.45, 7) is 1.93. The lowest BCUT2D eigenvalue weighted by Gasteiger charge is -2.15. The molecule has 0 radical (unpaired) electrons. The van der Waals surface area contributed by atoms with Gasteiger partial charge in [0.15, 0.2) is 0 Å². The molecule has 1 saturated carbocycles. The summed E-state index contributed by atoms with van der Waals surface area (Å²) < 4.78 is 0. The molecule has 1 aliphatic rings. The molecule has 1 fully saturated rings. The number of carbonyl (C=O) groups excluding carboxylic acids is 1. The predicted molar refractivity (Wildman–Crippen MR) is 69.6 cm³/mol. The molecule has 0 heterocycles. The maximum atomic E-state index is 12.0. The molecule has 0 aromatic heterocycles. The van der Waals surface area contributed by atoms with Crippen molar-refractivity contribution in [3.63, 3.8) is 0 Å². The van der Waals surface area contributed by atoms with Gasteiger partial charge in [-0.2, -0.15) is 0 Å². The Balaban J connectivity index is 2.09. The van der Waals surface area contributed by atoms with E-state index in [0.29, 0.717) is 0 Å². The molecule has 1 aromatic rings. The highest BCUT2D eigenvalue weighted by Crippen LogP contribution is 2.27. The molecule has 3 heteroatoms. The Kier molecular flexibility index (Phi) is 3.79. The highest BCUT2D eigenvalue weighted by Gasteiger charge is 2.23. The van der Waals surface area contributed by atoms with Crippen molar-refractivity contribution in [1.82, 2.24) is 0 Å². The molecule has 17 heavy (non-hydrogen) atoms. The average Bonchev–Trinajstić information content (AvgIpc) is 2.83. The molecular weight excluding hydrogens is 212 g/mol. The largest absolute Gasteiger partial charge is 0.326 e. The van der Waals surface area contributed by atoms with Gasteiger partial charge < -0.3 is 11.1 Å². The lowest BCUT2D eigenvalue weighted by molar-refractivity contribution is -0.119. The first-order valence-corrected chi connectivity index (χ1v) is 6.34. The lowest BCUT2D eigenvalue weighted by atomic mass is 10.0. The van der Waals surface area contributed by atoms with Gasteiger partial charge in [0.25, 0.3) is 0 Å². The molecule has 1 aromatic carbocycles. The van der Waals surface area contributed by atoms with Gasteiger partial charge >= 0.3 is 0 Å². The third-order valence-electron chi connectivity index (χ3n) is 3.44. The Hall–Kier alpha value is -1.35. The van der Waals surface area contributed by atoms with Crippen molar-refractivity contribution < 1.29 is 4.79 Å². The molecule has 3 nitrogen and oxygen atoms in total. The van der Waals surface area contributed by atoms with Gasteiger partial charge in [0.05, 0.1) is 0 Å². The van der Waals surface area contributed by atoms with Gasteiger partial charge in [0, 0.05) is 17.6 Å². The number of nitrogens with one attached hydrogen (secondary N) is 1. The minimum Gasteiger partial charge on any atom is -0.326 e. The van der Waals surface area contributed by atoms with Gasteiger partial charge in [-0.3, -0.25) is 4.79 Å². The Labute approximate surface area is 102 Å². The van der Waals surface area contributed by atoms with E-state index in [1.807, 2.05) is 31.2 Å². The molecule has 1 aliphatic carbocycles. The highest BCUT2D eigenvalue weighted by atomic mass is 16.1. The Bertz CT molecular complexity index is 395. The molecule has 0 saturated heterocycles. The van der Waals surface area contributed by atoms with Gasteiger partial charge in [-0.25, -0.2) is 0 Å². The zero-order chi connectivity index (χ0) is 12.3. The van der Waals surface area contributed by atoms with Crippen LogP contribution in [0.3, 0.4) is 0 Å². The molecular formula is C14H20N2O. The van der Waals surface area contributed by atoms with E-state index in [2.05, 4.69) is 5.32 Å². The van der Waals surface area contributed by atoms with Crippen molar-refractivity contribution in [2.24, 2.45) is 11.7 Å². The lowest BCUT2D eigenvalue weighted by Crippen LogP contribution is -2.22. The van der Waals surface area contributed by atoms with Crippen LogP contribution in [0.15, 0.2) is 24.3 Å². The topological polar surface area (TPSA) is 55.1 Å².